The molecule has 3 N–H and O–H groups in total. The third kappa shape index (κ3) is 39.0. The molecule has 0 spiro atoms. The Kier molecular flexibility index (Phi) is 37.3. The van der Waals surface area contributed by atoms with E-state index in [0.717, 1.165) is 89.9 Å². The molecule has 0 aromatic rings. The van der Waals surface area contributed by atoms with Crippen LogP contribution in [0, 0.1) is 0 Å². The maximum Gasteiger partial charge on any atom is 0.472 e. The highest BCUT2D eigenvalue weighted by molar-refractivity contribution is 7.47. The van der Waals surface area contributed by atoms with Crippen LogP contribution in [-0.2, 0) is 32.7 Å². The maximum atomic E-state index is 12.5. The summed E-state index contributed by atoms with van der Waals surface area (Å²) in [5.41, 5.74) is 5.34. The third-order valence-electron chi connectivity index (χ3n) is 8.08. The largest absolute Gasteiger partial charge is 0.472 e. The lowest BCUT2D eigenvalue weighted by Gasteiger charge is -2.19. The van der Waals surface area contributed by atoms with E-state index in [1.807, 2.05) is 0 Å². The van der Waals surface area contributed by atoms with Gasteiger partial charge < -0.3 is 20.1 Å². The van der Waals surface area contributed by atoms with E-state index in [4.69, 9.17) is 24.3 Å². The van der Waals surface area contributed by atoms with E-state index in [0.29, 0.717) is 12.8 Å². The number of ether oxygens (including phenoxy) is 2. The summed E-state index contributed by atoms with van der Waals surface area (Å²) in [7, 11) is -4.39. The molecule has 2 unspecified atom stereocenters. The van der Waals surface area contributed by atoms with Crippen molar-refractivity contribution in [2.45, 2.75) is 161 Å². The number of hydrogen-bond donors (Lipinski definition) is 2. The number of phosphoric ester groups is 1. The lowest BCUT2D eigenvalue weighted by molar-refractivity contribution is -0.161. The Hall–Kier alpha value is -2.55. The number of unbranched alkanes of at least 4 members (excludes halogenated alkanes) is 12. The molecule has 0 aliphatic rings. The summed E-state index contributed by atoms with van der Waals surface area (Å²) in [5, 5.41) is 0. The average molecular weight is 764 g/mol. The van der Waals surface area contributed by atoms with Crippen molar-refractivity contribution in [2.75, 3.05) is 26.4 Å². The highest BCUT2D eigenvalue weighted by Crippen LogP contribution is 2.43. The summed E-state index contributed by atoms with van der Waals surface area (Å²) in [4.78, 5) is 34.8. The number of phosphoric acid groups is 1. The van der Waals surface area contributed by atoms with Gasteiger partial charge in [0.25, 0.3) is 0 Å². The molecule has 304 valence electrons. The Labute approximate surface area is 322 Å². The second kappa shape index (κ2) is 39.2. The van der Waals surface area contributed by atoms with Gasteiger partial charge in [-0.05, 0) is 83.5 Å². The Morgan fingerprint density at radius 1 is 0.585 bits per heavy atom. The molecule has 0 rings (SSSR count). The molecule has 0 aliphatic heterocycles. The quantitative estimate of drug-likeness (QED) is 0.0274. The van der Waals surface area contributed by atoms with Gasteiger partial charge in [-0.2, -0.15) is 0 Å². The molecular formula is C43H74NO8P. The minimum atomic E-state index is -4.39. The Bertz CT molecular complexity index is 1100. The van der Waals surface area contributed by atoms with E-state index in [-0.39, 0.29) is 32.6 Å². The topological polar surface area (TPSA) is 134 Å². The number of hydrogen-bond acceptors (Lipinski definition) is 8. The van der Waals surface area contributed by atoms with Crippen LogP contribution in [-0.4, -0.2) is 49.3 Å². The van der Waals surface area contributed by atoms with Gasteiger partial charge in [0.15, 0.2) is 6.10 Å². The minimum Gasteiger partial charge on any atom is -0.462 e. The van der Waals surface area contributed by atoms with E-state index in [1.54, 1.807) is 0 Å². The van der Waals surface area contributed by atoms with Crippen molar-refractivity contribution in [1.82, 2.24) is 0 Å². The first-order chi connectivity index (χ1) is 25.8. The highest BCUT2D eigenvalue weighted by atomic mass is 31.2. The number of rotatable bonds is 37. The first kappa shape index (κ1) is 50.5. The van der Waals surface area contributed by atoms with Gasteiger partial charge in [0, 0.05) is 19.4 Å². The third-order valence-corrected chi connectivity index (χ3v) is 9.06. The van der Waals surface area contributed by atoms with Crippen molar-refractivity contribution in [3.05, 3.63) is 72.9 Å². The van der Waals surface area contributed by atoms with Gasteiger partial charge in [-0.3, -0.25) is 18.6 Å². The molecule has 9 nitrogen and oxygen atoms in total. The van der Waals surface area contributed by atoms with Gasteiger partial charge >= 0.3 is 19.8 Å². The molecule has 53 heavy (non-hydrogen) atoms. The molecule has 10 heteroatoms. The maximum absolute atomic E-state index is 12.5. The monoisotopic (exact) mass is 764 g/mol. The summed E-state index contributed by atoms with van der Waals surface area (Å²) in [6.07, 6.45) is 46.4. The summed E-state index contributed by atoms with van der Waals surface area (Å²) in [6, 6.07) is 0. The van der Waals surface area contributed by atoms with E-state index in [2.05, 4.69) is 86.8 Å². The molecule has 0 heterocycles. The first-order valence-electron chi connectivity index (χ1n) is 20.4. The fourth-order valence-electron chi connectivity index (χ4n) is 5.07. The minimum absolute atomic E-state index is 0.0432. The van der Waals surface area contributed by atoms with Crippen molar-refractivity contribution < 1.29 is 37.6 Å². The molecular weight excluding hydrogens is 689 g/mol. The van der Waals surface area contributed by atoms with E-state index < -0.39 is 32.5 Å². The summed E-state index contributed by atoms with van der Waals surface area (Å²) in [6.45, 7) is 3.52. The van der Waals surface area contributed by atoms with Crippen LogP contribution in [0.2, 0.25) is 0 Å². The van der Waals surface area contributed by atoms with Crippen LogP contribution in [0.1, 0.15) is 155 Å². The summed E-state index contributed by atoms with van der Waals surface area (Å²) >= 11 is 0. The van der Waals surface area contributed by atoms with Crippen LogP contribution < -0.4 is 5.73 Å². The van der Waals surface area contributed by atoms with Gasteiger partial charge in [0.2, 0.25) is 0 Å². The molecule has 0 bridgehead atoms. The van der Waals surface area contributed by atoms with Gasteiger partial charge in [0.1, 0.15) is 6.61 Å². The number of nitrogens with two attached hydrogens (primary N) is 1. The van der Waals surface area contributed by atoms with Crippen LogP contribution in [0.5, 0.6) is 0 Å². The zero-order valence-electron chi connectivity index (χ0n) is 33.2. The Morgan fingerprint density at radius 3 is 1.55 bits per heavy atom. The predicted molar refractivity (Wildman–Crippen MR) is 219 cm³/mol. The molecule has 0 radical (unpaired) electrons. The predicted octanol–water partition coefficient (Wildman–Crippen LogP) is 11.5. The van der Waals surface area contributed by atoms with Crippen LogP contribution in [0.4, 0.5) is 0 Å². The number of carbonyl (C=O) groups is 2. The number of esters is 2. The molecule has 0 aromatic heterocycles. The fraction of sp³-hybridized carbons (Fsp3) is 0.674. The van der Waals surface area contributed by atoms with Gasteiger partial charge in [-0.15, -0.1) is 0 Å². The van der Waals surface area contributed by atoms with Crippen LogP contribution in [0.25, 0.3) is 0 Å². The number of carbonyl (C=O) groups excluding carboxylic acids is 2. The molecule has 0 saturated carbocycles. The summed E-state index contributed by atoms with van der Waals surface area (Å²) in [5.74, 6) is -0.881. The Morgan fingerprint density at radius 2 is 1.04 bits per heavy atom. The van der Waals surface area contributed by atoms with Gasteiger partial charge in [-0.1, -0.05) is 132 Å². The standard InChI is InChI=1S/C43H74NO8P/c1-3-5-7-9-11-13-15-17-19-20-22-23-25-27-29-31-33-35-42(45)49-39-41(40-51-53(47,48)50-38-37-44)52-43(46)36-34-32-30-28-26-24-21-18-16-14-12-10-8-6-4-2/h6,8,11-14,17-19,21-23,41H,3-5,7,9-10,15-16,20,24-40,44H2,1-2H3,(H,47,48). The second-order valence-electron chi connectivity index (χ2n) is 13.1. The lowest BCUT2D eigenvalue weighted by atomic mass is 10.1. The highest BCUT2D eigenvalue weighted by Gasteiger charge is 2.25. The zero-order chi connectivity index (χ0) is 38.9. The Balaban J connectivity index is 4.27. The van der Waals surface area contributed by atoms with Crippen molar-refractivity contribution in [3.63, 3.8) is 0 Å². The molecule has 0 fully saturated rings. The van der Waals surface area contributed by atoms with Crippen molar-refractivity contribution in [3.8, 4) is 0 Å². The van der Waals surface area contributed by atoms with Crippen molar-refractivity contribution in [1.29, 1.82) is 0 Å². The first-order valence-corrected chi connectivity index (χ1v) is 21.9. The smallest absolute Gasteiger partial charge is 0.462 e. The van der Waals surface area contributed by atoms with E-state index in [9.17, 15) is 19.0 Å². The summed E-state index contributed by atoms with van der Waals surface area (Å²) < 4.78 is 32.7. The molecule has 2 atom stereocenters. The molecule has 0 aromatic carbocycles. The molecule has 0 saturated heterocycles. The normalized spacial score (nSPS) is 14.1. The van der Waals surface area contributed by atoms with Gasteiger partial charge in [-0.25, -0.2) is 4.57 Å². The van der Waals surface area contributed by atoms with Crippen LogP contribution in [0.15, 0.2) is 72.9 Å². The van der Waals surface area contributed by atoms with E-state index >= 15 is 0 Å². The van der Waals surface area contributed by atoms with Crippen LogP contribution >= 0.6 is 7.82 Å². The van der Waals surface area contributed by atoms with Crippen molar-refractivity contribution in [2.24, 2.45) is 5.73 Å². The lowest BCUT2D eigenvalue weighted by Crippen LogP contribution is -2.29. The van der Waals surface area contributed by atoms with Gasteiger partial charge in [0.05, 0.1) is 13.2 Å². The zero-order valence-corrected chi connectivity index (χ0v) is 34.1. The van der Waals surface area contributed by atoms with Crippen LogP contribution in [0.3, 0.4) is 0 Å². The average Bonchev–Trinajstić information content (AvgIpc) is 3.14. The van der Waals surface area contributed by atoms with E-state index in [1.165, 1.54) is 25.7 Å². The van der Waals surface area contributed by atoms with Crippen molar-refractivity contribution >= 4 is 19.8 Å². The SMILES string of the molecule is CCC=CCC=CCC=CCCCCCCCC(=O)OC(COC(=O)CCCCCCC=CCC=CCC=CCCCCC)COP(=O)(O)OCCN. The molecule has 0 aliphatic carbocycles. The fourth-order valence-corrected chi connectivity index (χ4v) is 5.83. The second-order valence-corrected chi connectivity index (χ2v) is 14.6. The molecule has 0 amide bonds. The number of allylic oxidation sites excluding steroid dienone is 12.